The van der Waals surface area contributed by atoms with Crippen LogP contribution in [0.2, 0.25) is 0 Å². The molecule has 0 radical (unpaired) electrons. The number of rotatable bonds is 4. The summed E-state index contributed by atoms with van der Waals surface area (Å²) < 4.78 is 0. The molecule has 0 aliphatic heterocycles. The van der Waals surface area contributed by atoms with Crippen LogP contribution in [0.3, 0.4) is 0 Å². The van der Waals surface area contributed by atoms with Crippen LogP contribution in [0.5, 0.6) is 0 Å². The molecule has 2 heterocycles. The molecule has 0 saturated carbocycles. The van der Waals surface area contributed by atoms with Gasteiger partial charge in [-0.15, -0.1) is 0 Å². The van der Waals surface area contributed by atoms with Crippen LogP contribution >= 0.6 is 0 Å². The Balaban J connectivity index is 1.82. The standard InChI is InChI=1S/C25H23N3O2/c1-16-9-10-22(18(3)12-16)28(25(30)20-8-5-11-26-14-20)15-21-13-19-7-4-6-17(2)23(19)27-24(21)29/h4-14H,15H2,1-3H3,(H,27,29). The van der Waals surface area contributed by atoms with Gasteiger partial charge in [-0.1, -0.05) is 35.9 Å². The van der Waals surface area contributed by atoms with Crippen molar-refractivity contribution in [3.8, 4) is 0 Å². The summed E-state index contributed by atoms with van der Waals surface area (Å²) in [6, 6.07) is 17.2. The van der Waals surface area contributed by atoms with Crippen molar-refractivity contribution in [1.29, 1.82) is 0 Å². The number of carbonyl (C=O) groups excluding carboxylic acids is 1. The van der Waals surface area contributed by atoms with Gasteiger partial charge in [0.1, 0.15) is 0 Å². The number of anilines is 1. The van der Waals surface area contributed by atoms with Crippen LogP contribution in [0.4, 0.5) is 5.69 Å². The van der Waals surface area contributed by atoms with Crippen LogP contribution in [0.25, 0.3) is 10.9 Å². The number of amides is 1. The molecule has 0 aliphatic rings. The highest BCUT2D eigenvalue weighted by Crippen LogP contribution is 2.25. The Morgan fingerprint density at radius 3 is 2.57 bits per heavy atom. The lowest BCUT2D eigenvalue weighted by Gasteiger charge is -2.25. The Bertz CT molecular complexity index is 1290. The predicted octanol–water partition coefficient (Wildman–Crippen LogP) is 4.70. The molecule has 5 heteroatoms. The molecule has 2 aromatic heterocycles. The van der Waals surface area contributed by atoms with E-state index in [4.69, 9.17) is 0 Å². The monoisotopic (exact) mass is 397 g/mol. The van der Waals surface area contributed by atoms with Gasteiger partial charge >= 0.3 is 0 Å². The molecular weight excluding hydrogens is 374 g/mol. The van der Waals surface area contributed by atoms with Gasteiger partial charge in [-0.25, -0.2) is 0 Å². The van der Waals surface area contributed by atoms with Crippen molar-refractivity contribution in [3.63, 3.8) is 0 Å². The first-order valence-electron chi connectivity index (χ1n) is 9.85. The van der Waals surface area contributed by atoms with E-state index in [1.165, 1.54) is 0 Å². The molecule has 0 bridgehead atoms. The molecule has 1 N–H and O–H groups in total. The topological polar surface area (TPSA) is 66.1 Å². The van der Waals surface area contributed by atoms with Gasteiger partial charge in [-0.3, -0.25) is 14.6 Å². The normalized spacial score (nSPS) is 10.9. The Morgan fingerprint density at radius 1 is 1.00 bits per heavy atom. The van der Waals surface area contributed by atoms with E-state index >= 15 is 0 Å². The van der Waals surface area contributed by atoms with Crippen molar-refractivity contribution in [2.45, 2.75) is 27.3 Å². The van der Waals surface area contributed by atoms with E-state index in [-0.39, 0.29) is 18.0 Å². The summed E-state index contributed by atoms with van der Waals surface area (Å²) in [6.45, 7) is 6.11. The zero-order valence-electron chi connectivity index (χ0n) is 17.3. The lowest BCUT2D eigenvalue weighted by molar-refractivity contribution is 0.0984. The number of fused-ring (bicyclic) bond motifs is 1. The molecule has 4 aromatic rings. The fourth-order valence-corrected chi connectivity index (χ4v) is 3.74. The maximum absolute atomic E-state index is 13.4. The number of carbonyl (C=O) groups is 1. The van der Waals surface area contributed by atoms with E-state index < -0.39 is 0 Å². The molecule has 2 aromatic carbocycles. The van der Waals surface area contributed by atoms with Crippen molar-refractivity contribution in [2.24, 2.45) is 0 Å². The smallest absolute Gasteiger partial charge is 0.260 e. The first kappa shape index (κ1) is 19.6. The number of aromatic amines is 1. The van der Waals surface area contributed by atoms with Gasteiger partial charge in [0, 0.05) is 23.6 Å². The molecule has 1 amide bonds. The van der Waals surface area contributed by atoms with Crippen molar-refractivity contribution in [2.75, 3.05) is 4.90 Å². The Morgan fingerprint density at radius 2 is 1.83 bits per heavy atom. The second kappa shape index (κ2) is 7.95. The number of hydrogen-bond donors (Lipinski definition) is 1. The van der Waals surface area contributed by atoms with Gasteiger partial charge in [0.2, 0.25) is 0 Å². The third kappa shape index (κ3) is 3.74. The fourth-order valence-electron chi connectivity index (χ4n) is 3.74. The Hall–Kier alpha value is -3.73. The summed E-state index contributed by atoms with van der Waals surface area (Å²) >= 11 is 0. The number of aryl methyl sites for hydroxylation is 3. The number of H-pyrrole nitrogens is 1. The van der Waals surface area contributed by atoms with Gasteiger partial charge < -0.3 is 9.88 Å². The maximum Gasteiger partial charge on any atom is 0.260 e. The summed E-state index contributed by atoms with van der Waals surface area (Å²) in [5.74, 6) is -0.196. The van der Waals surface area contributed by atoms with Crippen molar-refractivity contribution in [1.82, 2.24) is 9.97 Å². The SMILES string of the molecule is Cc1ccc(N(Cc2cc3cccc(C)c3[nH]c2=O)C(=O)c2cccnc2)c(C)c1. The van der Waals surface area contributed by atoms with Crippen LogP contribution in [-0.2, 0) is 6.54 Å². The van der Waals surface area contributed by atoms with Crippen LogP contribution in [0.1, 0.15) is 32.6 Å². The lowest BCUT2D eigenvalue weighted by Crippen LogP contribution is -2.33. The molecule has 0 fully saturated rings. The number of hydrogen-bond acceptors (Lipinski definition) is 3. The molecule has 0 aliphatic carbocycles. The van der Waals surface area contributed by atoms with Crippen molar-refractivity contribution >= 4 is 22.5 Å². The number of nitrogens with zero attached hydrogens (tertiary/aromatic N) is 2. The highest BCUT2D eigenvalue weighted by atomic mass is 16.2. The third-order valence-electron chi connectivity index (χ3n) is 5.29. The molecule has 150 valence electrons. The zero-order valence-corrected chi connectivity index (χ0v) is 17.3. The minimum absolute atomic E-state index is 0.164. The van der Waals surface area contributed by atoms with E-state index in [0.29, 0.717) is 11.1 Å². The molecule has 0 atom stereocenters. The van der Waals surface area contributed by atoms with Crippen LogP contribution in [0.15, 0.2) is 71.8 Å². The van der Waals surface area contributed by atoms with E-state index in [9.17, 15) is 9.59 Å². The van der Waals surface area contributed by atoms with Gasteiger partial charge in [0.15, 0.2) is 0 Å². The molecule has 0 spiro atoms. The summed E-state index contributed by atoms with van der Waals surface area (Å²) in [5, 5.41) is 0.944. The lowest BCUT2D eigenvalue weighted by atomic mass is 10.1. The number of para-hydroxylation sites is 1. The minimum Gasteiger partial charge on any atom is -0.321 e. The second-order valence-electron chi connectivity index (χ2n) is 7.59. The van der Waals surface area contributed by atoms with Crippen LogP contribution in [0, 0.1) is 20.8 Å². The number of aromatic nitrogens is 2. The average Bonchev–Trinajstić information content (AvgIpc) is 2.74. The summed E-state index contributed by atoms with van der Waals surface area (Å²) in [5.41, 5.74) is 5.51. The number of benzene rings is 2. The first-order chi connectivity index (χ1) is 14.4. The molecule has 5 nitrogen and oxygen atoms in total. The predicted molar refractivity (Wildman–Crippen MR) is 120 cm³/mol. The quantitative estimate of drug-likeness (QED) is 0.543. The van der Waals surface area contributed by atoms with Gasteiger partial charge in [-0.05, 0) is 61.5 Å². The molecule has 4 rings (SSSR count). The zero-order chi connectivity index (χ0) is 21.3. The molecule has 30 heavy (non-hydrogen) atoms. The largest absolute Gasteiger partial charge is 0.321 e. The van der Waals surface area contributed by atoms with Gasteiger partial charge in [-0.2, -0.15) is 0 Å². The van der Waals surface area contributed by atoms with Gasteiger partial charge in [0.25, 0.3) is 11.5 Å². The van der Waals surface area contributed by atoms with E-state index in [1.807, 2.05) is 63.2 Å². The number of nitrogens with one attached hydrogen (secondary N) is 1. The van der Waals surface area contributed by atoms with Crippen LogP contribution in [-0.4, -0.2) is 15.9 Å². The second-order valence-corrected chi connectivity index (χ2v) is 7.59. The van der Waals surface area contributed by atoms with E-state index in [1.54, 1.807) is 29.4 Å². The first-order valence-corrected chi connectivity index (χ1v) is 9.85. The molecule has 0 unspecified atom stereocenters. The summed E-state index contributed by atoms with van der Waals surface area (Å²) in [6.07, 6.45) is 3.18. The Kier molecular flexibility index (Phi) is 5.19. The van der Waals surface area contributed by atoms with Gasteiger partial charge in [0.05, 0.1) is 17.6 Å². The maximum atomic E-state index is 13.4. The van der Waals surface area contributed by atoms with Crippen LogP contribution < -0.4 is 10.5 Å². The highest BCUT2D eigenvalue weighted by molar-refractivity contribution is 6.06. The summed E-state index contributed by atoms with van der Waals surface area (Å²) in [7, 11) is 0. The summed E-state index contributed by atoms with van der Waals surface area (Å²) in [4.78, 5) is 34.9. The number of pyridine rings is 2. The average molecular weight is 397 g/mol. The van der Waals surface area contributed by atoms with E-state index in [2.05, 4.69) is 9.97 Å². The van der Waals surface area contributed by atoms with Crippen molar-refractivity contribution in [3.05, 3.63) is 105 Å². The minimum atomic E-state index is -0.196. The third-order valence-corrected chi connectivity index (χ3v) is 5.29. The fraction of sp³-hybridized carbons (Fsp3) is 0.160. The molecule has 0 saturated heterocycles. The van der Waals surface area contributed by atoms with E-state index in [0.717, 1.165) is 33.3 Å². The van der Waals surface area contributed by atoms with Crippen molar-refractivity contribution < 1.29 is 4.79 Å². The molecular formula is C25H23N3O2. The Labute approximate surface area is 175 Å². The highest BCUT2D eigenvalue weighted by Gasteiger charge is 2.21.